The molecule has 0 saturated heterocycles. The first kappa shape index (κ1) is 13.0. The summed E-state index contributed by atoms with van der Waals surface area (Å²) < 4.78 is 16.2. The Morgan fingerprint density at radius 1 is 1.62 bits per heavy atom. The Labute approximate surface area is 98.9 Å². The smallest absolute Gasteiger partial charge is 0.168 e. The van der Waals surface area contributed by atoms with Gasteiger partial charge in [-0.3, -0.25) is 4.21 Å². The molecule has 0 bridgehead atoms. The first-order valence-corrected chi connectivity index (χ1v) is 6.91. The lowest BCUT2D eigenvalue weighted by Crippen LogP contribution is -2.19. The maximum atomic E-state index is 11.0. The van der Waals surface area contributed by atoms with Gasteiger partial charge in [0, 0.05) is 35.0 Å². The lowest BCUT2D eigenvalue weighted by molar-refractivity contribution is 0.414. The van der Waals surface area contributed by atoms with Gasteiger partial charge in [0.05, 0.1) is 7.11 Å². The predicted octanol–water partition coefficient (Wildman–Crippen LogP) is 1.66. The second kappa shape index (κ2) is 6.48. The number of ether oxygens (including phenoxy) is 1. The number of methoxy groups -OCH3 is 1. The zero-order chi connectivity index (χ0) is 12.0. The molecule has 2 unspecified atom stereocenters. The SMILES string of the molecule is COc1cccnc1NC(C)CCS(C)=O. The number of aromatic nitrogens is 1. The highest BCUT2D eigenvalue weighted by molar-refractivity contribution is 7.84. The molecular formula is C11H18N2O2S. The predicted molar refractivity (Wildman–Crippen MR) is 67.4 cm³/mol. The van der Waals surface area contributed by atoms with E-state index in [1.807, 2.05) is 19.1 Å². The zero-order valence-corrected chi connectivity index (χ0v) is 10.7. The van der Waals surface area contributed by atoms with E-state index in [9.17, 15) is 4.21 Å². The van der Waals surface area contributed by atoms with Gasteiger partial charge in [0.2, 0.25) is 0 Å². The fraction of sp³-hybridized carbons (Fsp3) is 0.545. The second-order valence-corrected chi connectivity index (χ2v) is 5.22. The number of hydrogen-bond acceptors (Lipinski definition) is 4. The van der Waals surface area contributed by atoms with Crippen molar-refractivity contribution in [3.05, 3.63) is 18.3 Å². The molecular weight excluding hydrogens is 224 g/mol. The van der Waals surface area contributed by atoms with Crippen LogP contribution in [0, 0.1) is 0 Å². The van der Waals surface area contributed by atoms with E-state index in [0.29, 0.717) is 5.75 Å². The van der Waals surface area contributed by atoms with E-state index < -0.39 is 10.8 Å². The van der Waals surface area contributed by atoms with Crippen LogP contribution in [0.3, 0.4) is 0 Å². The number of pyridine rings is 1. The summed E-state index contributed by atoms with van der Waals surface area (Å²) in [6.45, 7) is 2.04. The van der Waals surface area contributed by atoms with Gasteiger partial charge in [-0.25, -0.2) is 4.98 Å². The number of rotatable bonds is 6. The fourth-order valence-electron chi connectivity index (χ4n) is 1.31. The highest BCUT2D eigenvalue weighted by Crippen LogP contribution is 2.21. The van der Waals surface area contributed by atoms with Gasteiger partial charge in [-0.1, -0.05) is 0 Å². The maximum Gasteiger partial charge on any atom is 0.168 e. The monoisotopic (exact) mass is 242 g/mol. The minimum atomic E-state index is -0.743. The standard InChI is InChI=1S/C11H18N2O2S/c1-9(6-8-16(3)14)13-11-10(15-2)5-4-7-12-11/h4-5,7,9H,6,8H2,1-3H3,(H,12,13). The molecule has 0 saturated carbocycles. The Hall–Kier alpha value is -1.10. The van der Waals surface area contributed by atoms with E-state index in [4.69, 9.17) is 4.74 Å². The van der Waals surface area contributed by atoms with Crippen LogP contribution >= 0.6 is 0 Å². The molecule has 0 aliphatic rings. The molecule has 0 aliphatic heterocycles. The molecule has 0 radical (unpaired) electrons. The summed E-state index contributed by atoms with van der Waals surface area (Å²) in [6, 6.07) is 3.92. The largest absolute Gasteiger partial charge is 0.493 e. The van der Waals surface area contributed by atoms with E-state index in [1.165, 1.54) is 0 Å². The maximum absolute atomic E-state index is 11.0. The van der Waals surface area contributed by atoms with Crippen molar-refractivity contribution in [2.45, 2.75) is 19.4 Å². The van der Waals surface area contributed by atoms with Gasteiger partial charge >= 0.3 is 0 Å². The quantitative estimate of drug-likeness (QED) is 0.824. The number of anilines is 1. The number of hydrogen-bond donors (Lipinski definition) is 1. The van der Waals surface area contributed by atoms with E-state index in [0.717, 1.165) is 18.0 Å². The Bertz CT molecular complexity index is 358. The highest BCUT2D eigenvalue weighted by atomic mass is 32.2. The van der Waals surface area contributed by atoms with Crippen LogP contribution in [0.15, 0.2) is 18.3 Å². The van der Waals surface area contributed by atoms with Gasteiger partial charge in [0.25, 0.3) is 0 Å². The summed E-state index contributed by atoms with van der Waals surface area (Å²) in [5, 5.41) is 3.25. The summed E-state index contributed by atoms with van der Waals surface area (Å²) in [4.78, 5) is 4.20. The molecule has 0 aromatic carbocycles. The van der Waals surface area contributed by atoms with Crippen molar-refractivity contribution >= 4 is 16.6 Å². The Morgan fingerprint density at radius 3 is 3.00 bits per heavy atom. The average Bonchev–Trinajstić information content (AvgIpc) is 2.27. The third-order valence-corrected chi connectivity index (χ3v) is 3.02. The number of nitrogens with zero attached hydrogens (tertiary/aromatic N) is 1. The molecule has 1 aromatic heterocycles. The zero-order valence-electron chi connectivity index (χ0n) is 9.90. The van der Waals surface area contributed by atoms with Crippen LogP contribution in [0.5, 0.6) is 5.75 Å². The molecule has 5 heteroatoms. The van der Waals surface area contributed by atoms with Crippen LogP contribution in [0.2, 0.25) is 0 Å². The van der Waals surface area contributed by atoms with Crippen LogP contribution in [-0.4, -0.2) is 34.4 Å². The van der Waals surface area contributed by atoms with E-state index in [-0.39, 0.29) is 6.04 Å². The number of nitrogens with one attached hydrogen (secondary N) is 1. The van der Waals surface area contributed by atoms with Crippen LogP contribution in [0.1, 0.15) is 13.3 Å². The van der Waals surface area contributed by atoms with Gasteiger partial charge < -0.3 is 10.1 Å². The molecule has 4 nitrogen and oxygen atoms in total. The molecule has 90 valence electrons. The lowest BCUT2D eigenvalue weighted by atomic mass is 10.2. The van der Waals surface area contributed by atoms with Crippen molar-refractivity contribution < 1.29 is 8.95 Å². The lowest BCUT2D eigenvalue weighted by Gasteiger charge is -2.15. The third-order valence-electron chi connectivity index (χ3n) is 2.21. The van der Waals surface area contributed by atoms with Gasteiger partial charge in [0.1, 0.15) is 0 Å². The van der Waals surface area contributed by atoms with Crippen molar-refractivity contribution in [2.75, 3.05) is 24.4 Å². The summed E-state index contributed by atoms with van der Waals surface area (Å²) in [5.74, 6) is 2.16. The van der Waals surface area contributed by atoms with Crippen molar-refractivity contribution in [3.8, 4) is 5.75 Å². The molecule has 1 heterocycles. The van der Waals surface area contributed by atoms with Crippen LogP contribution in [-0.2, 0) is 10.8 Å². The summed E-state index contributed by atoms with van der Waals surface area (Å²) in [7, 11) is 0.876. The minimum Gasteiger partial charge on any atom is -0.493 e. The van der Waals surface area contributed by atoms with Crippen molar-refractivity contribution in [2.24, 2.45) is 0 Å². The van der Waals surface area contributed by atoms with Crippen LogP contribution in [0.4, 0.5) is 5.82 Å². The highest BCUT2D eigenvalue weighted by Gasteiger charge is 2.07. The third kappa shape index (κ3) is 4.18. The molecule has 1 N–H and O–H groups in total. The minimum absolute atomic E-state index is 0.229. The Morgan fingerprint density at radius 2 is 2.38 bits per heavy atom. The summed E-state index contributed by atoms with van der Waals surface area (Å²) in [5.41, 5.74) is 0. The normalized spacial score (nSPS) is 14.2. The van der Waals surface area contributed by atoms with Gasteiger partial charge in [-0.15, -0.1) is 0 Å². The second-order valence-electron chi connectivity index (χ2n) is 3.67. The van der Waals surface area contributed by atoms with Crippen molar-refractivity contribution in [3.63, 3.8) is 0 Å². The van der Waals surface area contributed by atoms with Gasteiger partial charge in [0.15, 0.2) is 11.6 Å². The molecule has 16 heavy (non-hydrogen) atoms. The summed E-state index contributed by atoms with van der Waals surface area (Å²) >= 11 is 0. The molecule has 1 aromatic rings. The molecule has 1 rings (SSSR count). The Kier molecular flexibility index (Phi) is 5.25. The average molecular weight is 242 g/mol. The first-order valence-electron chi connectivity index (χ1n) is 5.19. The van der Waals surface area contributed by atoms with Gasteiger partial charge in [-0.2, -0.15) is 0 Å². The molecule has 0 spiro atoms. The van der Waals surface area contributed by atoms with E-state index in [2.05, 4.69) is 10.3 Å². The fourth-order valence-corrected chi connectivity index (χ4v) is 2.00. The summed E-state index contributed by atoms with van der Waals surface area (Å²) in [6.07, 6.45) is 4.28. The van der Waals surface area contributed by atoms with Crippen LogP contribution < -0.4 is 10.1 Å². The topological polar surface area (TPSA) is 51.2 Å². The van der Waals surface area contributed by atoms with Gasteiger partial charge in [-0.05, 0) is 25.5 Å². The molecule has 0 aliphatic carbocycles. The molecule has 0 fully saturated rings. The van der Waals surface area contributed by atoms with E-state index >= 15 is 0 Å². The van der Waals surface area contributed by atoms with E-state index in [1.54, 1.807) is 19.6 Å². The van der Waals surface area contributed by atoms with Crippen molar-refractivity contribution in [1.29, 1.82) is 0 Å². The first-order chi connectivity index (χ1) is 7.63. The molecule has 2 atom stereocenters. The molecule has 0 amide bonds. The van der Waals surface area contributed by atoms with Crippen molar-refractivity contribution in [1.82, 2.24) is 4.98 Å². The van der Waals surface area contributed by atoms with Crippen LogP contribution in [0.25, 0.3) is 0 Å². The Balaban J connectivity index is 2.55.